The molecule has 0 saturated heterocycles. The van der Waals surface area contributed by atoms with Crippen molar-refractivity contribution < 1.29 is 9.50 Å². The third kappa shape index (κ3) is 2.23. The summed E-state index contributed by atoms with van der Waals surface area (Å²) in [5, 5.41) is 9.48. The predicted molar refractivity (Wildman–Crippen MR) is 54.6 cm³/mol. The highest BCUT2D eigenvalue weighted by Gasteiger charge is 2.18. The maximum Gasteiger partial charge on any atom is 0.142 e. The lowest BCUT2D eigenvalue weighted by Gasteiger charge is -2.18. The van der Waals surface area contributed by atoms with Gasteiger partial charge < -0.3 is 10.8 Å². The molecule has 0 aliphatic carbocycles. The normalized spacial score (nSPS) is 15.2. The second-order valence-electron chi connectivity index (χ2n) is 3.14. The van der Waals surface area contributed by atoms with Crippen molar-refractivity contribution in [1.29, 1.82) is 0 Å². The SMILES string of the molecule is CC[C@@H](O)[C@@H](N)c1cccc(F)c1Cl. The van der Waals surface area contributed by atoms with Crippen molar-refractivity contribution >= 4 is 11.6 Å². The summed E-state index contributed by atoms with van der Waals surface area (Å²) in [6.45, 7) is 1.80. The minimum atomic E-state index is -0.700. The molecule has 78 valence electrons. The maximum atomic E-state index is 13.0. The van der Waals surface area contributed by atoms with E-state index in [4.69, 9.17) is 17.3 Å². The number of aliphatic hydroxyl groups is 1. The van der Waals surface area contributed by atoms with Gasteiger partial charge in [-0.25, -0.2) is 4.39 Å². The van der Waals surface area contributed by atoms with Crippen molar-refractivity contribution in [2.75, 3.05) is 0 Å². The first-order valence-electron chi connectivity index (χ1n) is 4.45. The van der Waals surface area contributed by atoms with E-state index in [0.29, 0.717) is 12.0 Å². The summed E-state index contributed by atoms with van der Waals surface area (Å²) in [6, 6.07) is 3.77. The van der Waals surface area contributed by atoms with Gasteiger partial charge in [0, 0.05) is 0 Å². The van der Waals surface area contributed by atoms with Gasteiger partial charge in [-0.1, -0.05) is 30.7 Å². The number of hydrogen-bond acceptors (Lipinski definition) is 2. The molecule has 0 aliphatic heterocycles. The van der Waals surface area contributed by atoms with E-state index in [-0.39, 0.29) is 5.02 Å². The monoisotopic (exact) mass is 217 g/mol. The van der Waals surface area contributed by atoms with Gasteiger partial charge in [0.15, 0.2) is 0 Å². The number of aliphatic hydroxyl groups excluding tert-OH is 1. The van der Waals surface area contributed by atoms with Crippen molar-refractivity contribution in [2.24, 2.45) is 5.73 Å². The van der Waals surface area contributed by atoms with E-state index in [1.54, 1.807) is 13.0 Å². The van der Waals surface area contributed by atoms with Crippen molar-refractivity contribution in [3.05, 3.63) is 34.6 Å². The van der Waals surface area contributed by atoms with Crippen LogP contribution in [-0.4, -0.2) is 11.2 Å². The van der Waals surface area contributed by atoms with Crippen LogP contribution in [0.2, 0.25) is 5.02 Å². The first-order chi connectivity index (χ1) is 6.57. The summed E-state index contributed by atoms with van der Waals surface area (Å²) in [5.74, 6) is -0.511. The molecular formula is C10H13ClFNO. The Morgan fingerprint density at radius 1 is 1.57 bits per heavy atom. The Morgan fingerprint density at radius 2 is 2.21 bits per heavy atom. The molecule has 0 amide bonds. The molecule has 1 aromatic rings. The molecule has 0 aliphatic rings. The number of nitrogens with two attached hydrogens (primary N) is 1. The molecule has 14 heavy (non-hydrogen) atoms. The molecule has 0 bridgehead atoms. The van der Waals surface area contributed by atoms with E-state index >= 15 is 0 Å². The second kappa shape index (κ2) is 4.73. The zero-order chi connectivity index (χ0) is 10.7. The molecule has 4 heteroatoms. The molecule has 1 aromatic carbocycles. The zero-order valence-corrected chi connectivity index (χ0v) is 8.63. The lowest BCUT2D eigenvalue weighted by atomic mass is 10.0. The Labute approximate surface area is 87.5 Å². The van der Waals surface area contributed by atoms with E-state index in [9.17, 15) is 9.50 Å². The van der Waals surface area contributed by atoms with Gasteiger partial charge in [-0.05, 0) is 18.1 Å². The van der Waals surface area contributed by atoms with Crippen LogP contribution in [0.3, 0.4) is 0 Å². The lowest BCUT2D eigenvalue weighted by Crippen LogP contribution is -2.25. The first-order valence-corrected chi connectivity index (χ1v) is 4.83. The molecule has 0 heterocycles. The van der Waals surface area contributed by atoms with Crippen LogP contribution in [0.1, 0.15) is 24.9 Å². The fourth-order valence-electron chi connectivity index (χ4n) is 1.24. The Bertz CT molecular complexity index is 319. The topological polar surface area (TPSA) is 46.2 Å². The molecule has 0 spiro atoms. The summed E-state index contributed by atoms with van der Waals surface area (Å²) >= 11 is 5.72. The van der Waals surface area contributed by atoms with Gasteiger partial charge in [-0.3, -0.25) is 0 Å². The Kier molecular flexibility index (Phi) is 3.86. The van der Waals surface area contributed by atoms with Crippen LogP contribution in [0.5, 0.6) is 0 Å². The van der Waals surface area contributed by atoms with E-state index < -0.39 is 18.0 Å². The maximum absolute atomic E-state index is 13.0. The molecule has 0 radical (unpaired) electrons. The quantitative estimate of drug-likeness (QED) is 0.816. The van der Waals surface area contributed by atoms with Crippen LogP contribution in [0, 0.1) is 5.82 Å². The second-order valence-corrected chi connectivity index (χ2v) is 3.52. The largest absolute Gasteiger partial charge is 0.391 e. The third-order valence-corrected chi connectivity index (χ3v) is 2.57. The number of benzene rings is 1. The fraction of sp³-hybridized carbons (Fsp3) is 0.400. The van der Waals surface area contributed by atoms with Crippen LogP contribution in [-0.2, 0) is 0 Å². The minimum Gasteiger partial charge on any atom is -0.391 e. The van der Waals surface area contributed by atoms with Crippen LogP contribution in [0.15, 0.2) is 18.2 Å². The van der Waals surface area contributed by atoms with Gasteiger partial charge in [-0.15, -0.1) is 0 Å². The van der Waals surface area contributed by atoms with Crippen molar-refractivity contribution in [2.45, 2.75) is 25.5 Å². The predicted octanol–water partition coefficient (Wildman–Crippen LogP) is 2.25. The van der Waals surface area contributed by atoms with E-state index in [1.807, 2.05) is 0 Å². The summed E-state index contributed by atoms with van der Waals surface area (Å²) < 4.78 is 13.0. The van der Waals surface area contributed by atoms with Gasteiger partial charge in [0.05, 0.1) is 17.2 Å². The number of rotatable bonds is 3. The first kappa shape index (κ1) is 11.4. The molecule has 2 nitrogen and oxygen atoms in total. The molecule has 0 saturated carbocycles. The molecular weight excluding hydrogens is 205 g/mol. The highest BCUT2D eigenvalue weighted by molar-refractivity contribution is 6.31. The van der Waals surface area contributed by atoms with Crippen LogP contribution < -0.4 is 5.73 Å². The minimum absolute atomic E-state index is 0.00694. The standard InChI is InChI=1S/C10H13ClFNO/c1-2-8(14)10(13)6-4-3-5-7(12)9(6)11/h3-5,8,10,14H,2,13H2,1H3/t8-,10+/m1/s1. The summed E-state index contributed by atoms with van der Waals surface area (Å²) in [4.78, 5) is 0. The smallest absolute Gasteiger partial charge is 0.142 e. The van der Waals surface area contributed by atoms with E-state index in [0.717, 1.165) is 0 Å². The zero-order valence-electron chi connectivity index (χ0n) is 7.87. The number of halogens is 2. The van der Waals surface area contributed by atoms with Gasteiger partial charge in [0.1, 0.15) is 5.82 Å². The summed E-state index contributed by atoms with van der Waals surface area (Å²) in [7, 11) is 0. The Balaban J connectivity index is 3.01. The molecule has 0 fully saturated rings. The van der Waals surface area contributed by atoms with Gasteiger partial charge in [-0.2, -0.15) is 0 Å². The van der Waals surface area contributed by atoms with E-state index in [2.05, 4.69) is 0 Å². The Morgan fingerprint density at radius 3 is 2.79 bits per heavy atom. The average molecular weight is 218 g/mol. The van der Waals surface area contributed by atoms with Gasteiger partial charge in [0.2, 0.25) is 0 Å². The van der Waals surface area contributed by atoms with Crippen LogP contribution in [0.4, 0.5) is 4.39 Å². The van der Waals surface area contributed by atoms with Gasteiger partial charge in [0.25, 0.3) is 0 Å². The highest BCUT2D eigenvalue weighted by Crippen LogP contribution is 2.26. The number of hydrogen-bond donors (Lipinski definition) is 2. The summed E-state index contributed by atoms with van der Waals surface area (Å²) in [5.41, 5.74) is 6.16. The fourth-order valence-corrected chi connectivity index (χ4v) is 1.49. The van der Waals surface area contributed by atoms with Crippen LogP contribution in [0.25, 0.3) is 0 Å². The van der Waals surface area contributed by atoms with Crippen LogP contribution >= 0.6 is 11.6 Å². The van der Waals surface area contributed by atoms with Crippen molar-refractivity contribution in [3.63, 3.8) is 0 Å². The summed E-state index contributed by atoms with van der Waals surface area (Å²) in [6.07, 6.45) is -0.192. The molecule has 0 unspecified atom stereocenters. The molecule has 2 atom stereocenters. The molecule has 0 aromatic heterocycles. The third-order valence-electron chi connectivity index (χ3n) is 2.17. The van der Waals surface area contributed by atoms with E-state index in [1.165, 1.54) is 12.1 Å². The Hall–Kier alpha value is -0.640. The molecule has 1 rings (SSSR count). The average Bonchev–Trinajstić information content (AvgIpc) is 2.20. The van der Waals surface area contributed by atoms with Crippen molar-refractivity contribution in [3.8, 4) is 0 Å². The van der Waals surface area contributed by atoms with Gasteiger partial charge >= 0.3 is 0 Å². The van der Waals surface area contributed by atoms with Crippen molar-refractivity contribution in [1.82, 2.24) is 0 Å². The highest BCUT2D eigenvalue weighted by atomic mass is 35.5. The lowest BCUT2D eigenvalue weighted by molar-refractivity contribution is 0.140. The molecule has 3 N–H and O–H groups in total.